The SMILES string of the molecule is Cc1cccnc1CNC(=O)c1ccc2c(c1)CNC2. The van der Waals surface area contributed by atoms with Gasteiger partial charge in [0.1, 0.15) is 0 Å². The van der Waals surface area contributed by atoms with Crippen LogP contribution in [-0.2, 0) is 19.6 Å². The lowest BCUT2D eigenvalue weighted by molar-refractivity contribution is 0.0950. The number of hydrogen-bond donors (Lipinski definition) is 2. The second kappa shape index (κ2) is 5.43. The number of aromatic nitrogens is 1. The van der Waals surface area contributed by atoms with Crippen LogP contribution in [0.2, 0.25) is 0 Å². The van der Waals surface area contributed by atoms with Gasteiger partial charge >= 0.3 is 0 Å². The van der Waals surface area contributed by atoms with Crippen molar-refractivity contribution in [1.82, 2.24) is 15.6 Å². The lowest BCUT2D eigenvalue weighted by Gasteiger charge is -2.08. The first kappa shape index (κ1) is 12.8. The number of benzene rings is 1. The molecule has 0 atom stereocenters. The monoisotopic (exact) mass is 267 g/mol. The summed E-state index contributed by atoms with van der Waals surface area (Å²) in [5.74, 6) is -0.0512. The highest BCUT2D eigenvalue weighted by atomic mass is 16.1. The fourth-order valence-electron chi connectivity index (χ4n) is 2.41. The minimum atomic E-state index is -0.0512. The predicted molar refractivity (Wildman–Crippen MR) is 77.1 cm³/mol. The number of rotatable bonds is 3. The van der Waals surface area contributed by atoms with E-state index in [1.807, 2.05) is 37.3 Å². The third-order valence-electron chi connectivity index (χ3n) is 3.63. The Morgan fingerprint density at radius 2 is 2.15 bits per heavy atom. The van der Waals surface area contributed by atoms with E-state index < -0.39 is 0 Å². The van der Waals surface area contributed by atoms with Gasteiger partial charge in [0.05, 0.1) is 12.2 Å². The van der Waals surface area contributed by atoms with Crippen LogP contribution in [0, 0.1) is 6.92 Å². The van der Waals surface area contributed by atoms with Crippen molar-refractivity contribution in [1.29, 1.82) is 0 Å². The van der Waals surface area contributed by atoms with E-state index in [1.165, 1.54) is 11.1 Å². The average molecular weight is 267 g/mol. The van der Waals surface area contributed by atoms with E-state index in [4.69, 9.17) is 0 Å². The summed E-state index contributed by atoms with van der Waals surface area (Å²) in [6.07, 6.45) is 1.75. The van der Waals surface area contributed by atoms with Crippen molar-refractivity contribution in [3.63, 3.8) is 0 Å². The molecule has 1 aliphatic rings. The number of pyridine rings is 1. The first-order valence-electron chi connectivity index (χ1n) is 6.75. The molecule has 0 saturated heterocycles. The number of carbonyl (C=O) groups is 1. The Balaban J connectivity index is 1.69. The molecule has 0 radical (unpaired) electrons. The molecule has 1 amide bonds. The van der Waals surface area contributed by atoms with Gasteiger partial charge in [0.15, 0.2) is 0 Å². The van der Waals surface area contributed by atoms with Gasteiger partial charge in [0.25, 0.3) is 5.91 Å². The molecule has 0 aliphatic carbocycles. The van der Waals surface area contributed by atoms with Crippen LogP contribution in [-0.4, -0.2) is 10.9 Å². The third-order valence-corrected chi connectivity index (χ3v) is 3.63. The zero-order valence-corrected chi connectivity index (χ0v) is 11.4. The number of nitrogens with one attached hydrogen (secondary N) is 2. The van der Waals surface area contributed by atoms with E-state index >= 15 is 0 Å². The van der Waals surface area contributed by atoms with Crippen LogP contribution in [0.5, 0.6) is 0 Å². The van der Waals surface area contributed by atoms with Gasteiger partial charge in [0, 0.05) is 24.8 Å². The maximum atomic E-state index is 12.2. The summed E-state index contributed by atoms with van der Waals surface area (Å²) in [6.45, 7) is 4.19. The van der Waals surface area contributed by atoms with Gasteiger partial charge in [-0.15, -0.1) is 0 Å². The number of fused-ring (bicyclic) bond motifs is 1. The van der Waals surface area contributed by atoms with Crippen molar-refractivity contribution in [3.05, 3.63) is 64.5 Å². The van der Waals surface area contributed by atoms with Gasteiger partial charge in [0.2, 0.25) is 0 Å². The number of hydrogen-bond acceptors (Lipinski definition) is 3. The zero-order chi connectivity index (χ0) is 13.9. The fourth-order valence-corrected chi connectivity index (χ4v) is 2.41. The molecule has 0 unspecified atom stereocenters. The molecule has 102 valence electrons. The average Bonchev–Trinajstić information content (AvgIpc) is 2.93. The van der Waals surface area contributed by atoms with Gasteiger partial charge < -0.3 is 10.6 Å². The van der Waals surface area contributed by atoms with Crippen LogP contribution in [0.4, 0.5) is 0 Å². The normalized spacial score (nSPS) is 13.1. The molecule has 0 saturated carbocycles. The summed E-state index contributed by atoms with van der Waals surface area (Å²) in [7, 11) is 0. The molecule has 0 bridgehead atoms. The minimum Gasteiger partial charge on any atom is -0.346 e. The summed E-state index contributed by atoms with van der Waals surface area (Å²) in [6, 6.07) is 9.77. The number of aryl methyl sites for hydroxylation is 1. The van der Waals surface area contributed by atoms with E-state index in [1.54, 1.807) is 6.20 Å². The molecule has 4 heteroatoms. The quantitative estimate of drug-likeness (QED) is 0.893. The lowest BCUT2D eigenvalue weighted by atomic mass is 10.1. The Morgan fingerprint density at radius 1 is 1.30 bits per heavy atom. The molecule has 0 fully saturated rings. The maximum absolute atomic E-state index is 12.2. The summed E-state index contributed by atoms with van der Waals surface area (Å²) in [5, 5.41) is 6.20. The highest BCUT2D eigenvalue weighted by Crippen LogP contribution is 2.17. The van der Waals surface area contributed by atoms with Gasteiger partial charge in [-0.2, -0.15) is 0 Å². The second-order valence-electron chi connectivity index (χ2n) is 5.04. The van der Waals surface area contributed by atoms with Gasteiger partial charge in [-0.3, -0.25) is 9.78 Å². The van der Waals surface area contributed by atoms with Gasteiger partial charge in [-0.1, -0.05) is 12.1 Å². The Bertz CT molecular complexity index is 652. The van der Waals surface area contributed by atoms with Crippen molar-refractivity contribution >= 4 is 5.91 Å². The highest BCUT2D eigenvalue weighted by molar-refractivity contribution is 5.94. The molecular weight excluding hydrogens is 250 g/mol. The zero-order valence-electron chi connectivity index (χ0n) is 11.4. The highest BCUT2D eigenvalue weighted by Gasteiger charge is 2.13. The summed E-state index contributed by atoms with van der Waals surface area (Å²) >= 11 is 0. The smallest absolute Gasteiger partial charge is 0.251 e. The molecule has 20 heavy (non-hydrogen) atoms. The van der Waals surface area contributed by atoms with E-state index in [-0.39, 0.29) is 5.91 Å². The molecule has 0 spiro atoms. The summed E-state index contributed by atoms with van der Waals surface area (Å²) in [4.78, 5) is 16.4. The van der Waals surface area contributed by atoms with Crippen LogP contribution in [0.15, 0.2) is 36.5 Å². The molecule has 2 aromatic rings. The Morgan fingerprint density at radius 3 is 3.00 bits per heavy atom. The molecule has 4 nitrogen and oxygen atoms in total. The summed E-state index contributed by atoms with van der Waals surface area (Å²) < 4.78 is 0. The Kier molecular flexibility index (Phi) is 3.48. The van der Waals surface area contributed by atoms with Crippen LogP contribution < -0.4 is 10.6 Å². The number of nitrogens with zero attached hydrogens (tertiary/aromatic N) is 1. The van der Waals surface area contributed by atoms with E-state index in [2.05, 4.69) is 15.6 Å². The summed E-state index contributed by atoms with van der Waals surface area (Å²) in [5.41, 5.74) is 5.20. The molecule has 1 aliphatic heterocycles. The maximum Gasteiger partial charge on any atom is 0.251 e. The number of carbonyl (C=O) groups excluding carboxylic acids is 1. The van der Waals surface area contributed by atoms with Crippen LogP contribution in [0.25, 0.3) is 0 Å². The molecular formula is C16H17N3O. The van der Waals surface area contributed by atoms with Crippen molar-refractivity contribution in [2.75, 3.05) is 0 Å². The first-order chi connectivity index (χ1) is 9.74. The Labute approximate surface area is 118 Å². The van der Waals surface area contributed by atoms with E-state index in [9.17, 15) is 4.79 Å². The van der Waals surface area contributed by atoms with E-state index in [0.29, 0.717) is 12.1 Å². The van der Waals surface area contributed by atoms with Crippen molar-refractivity contribution in [2.45, 2.75) is 26.6 Å². The third kappa shape index (κ3) is 2.56. The first-order valence-corrected chi connectivity index (χ1v) is 6.75. The van der Waals surface area contributed by atoms with E-state index in [0.717, 1.165) is 24.3 Å². The molecule has 1 aromatic heterocycles. The minimum absolute atomic E-state index is 0.0512. The molecule has 3 rings (SSSR count). The topological polar surface area (TPSA) is 54.0 Å². The fraction of sp³-hybridized carbons (Fsp3) is 0.250. The van der Waals surface area contributed by atoms with Gasteiger partial charge in [-0.05, 0) is 41.8 Å². The lowest BCUT2D eigenvalue weighted by Crippen LogP contribution is -2.23. The van der Waals surface area contributed by atoms with Crippen LogP contribution in [0.1, 0.15) is 32.7 Å². The molecule has 2 heterocycles. The largest absolute Gasteiger partial charge is 0.346 e. The van der Waals surface area contributed by atoms with Crippen molar-refractivity contribution in [2.24, 2.45) is 0 Å². The van der Waals surface area contributed by atoms with Crippen molar-refractivity contribution < 1.29 is 4.79 Å². The van der Waals surface area contributed by atoms with Gasteiger partial charge in [-0.25, -0.2) is 0 Å². The predicted octanol–water partition coefficient (Wildman–Crippen LogP) is 1.92. The van der Waals surface area contributed by atoms with Crippen LogP contribution in [0.3, 0.4) is 0 Å². The van der Waals surface area contributed by atoms with Crippen molar-refractivity contribution in [3.8, 4) is 0 Å². The number of amides is 1. The Hall–Kier alpha value is -2.20. The standard InChI is InChI=1S/C16H17N3O/c1-11-3-2-6-18-15(11)10-19-16(20)12-4-5-13-8-17-9-14(13)7-12/h2-7,17H,8-10H2,1H3,(H,19,20). The molecule has 1 aromatic carbocycles. The molecule has 2 N–H and O–H groups in total. The second-order valence-corrected chi connectivity index (χ2v) is 5.04. The van der Waals surface area contributed by atoms with Crippen LogP contribution >= 0.6 is 0 Å².